The van der Waals surface area contributed by atoms with Crippen molar-refractivity contribution in [2.24, 2.45) is 11.7 Å². The lowest BCUT2D eigenvalue weighted by Crippen LogP contribution is -2.36. The fourth-order valence-corrected chi connectivity index (χ4v) is 2.07. The molecule has 0 aromatic carbocycles. The van der Waals surface area contributed by atoms with Gasteiger partial charge >= 0.3 is 6.09 Å². The Hall–Kier alpha value is -2.05. The van der Waals surface area contributed by atoms with Crippen molar-refractivity contribution in [1.82, 2.24) is 9.97 Å². The monoisotopic (exact) mass is 251 g/mol. The molecule has 1 aromatic heterocycles. The van der Waals surface area contributed by atoms with Crippen molar-refractivity contribution in [3.05, 3.63) is 12.3 Å². The Kier molecular flexibility index (Phi) is 3.81. The molecule has 0 spiro atoms. The largest absolute Gasteiger partial charge is 0.449 e. The van der Waals surface area contributed by atoms with E-state index in [9.17, 15) is 4.79 Å². The van der Waals surface area contributed by atoms with Crippen LogP contribution in [0.25, 0.3) is 0 Å². The summed E-state index contributed by atoms with van der Waals surface area (Å²) in [4.78, 5) is 20.7. The van der Waals surface area contributed by atoms with E-state index in [1.54, 1.807) is 6.20 Å². The Labute approximate surface area is 105 Å². The van der Waals surface area contributed by atoms with E-state index in [4.69, 9.17) is 16.2 Å². The molecule has 7 heteroatoms. The highest BCUT2D eigenvalue weighted by molar-refractivity contribution is 5.64. The van der Waals surface area contributed by atoms with Gasteiger partial charge in [0, 0.05) is 19.3 Å². The van der Waals surface area contributed by atoms with E-state index in [-0.39, 0.29) is 5.95 Å². The molecule has 1 aliphatic rings. The first-order valence-corrected chi connectivity index (χ1v) is 5.91. The van der Waals surface area contributed by atoms with Crippen LogP contribution in [0.1, 0.15) is 12.8 Å². The number of hydrogen-bond acceptors (Lipinski definition) is 6. The van der Waals surface area contributed by atoms with E-state index in [1.807, 2.05) is 6.07 Å². The van der Waals surface area contributed by atoms with E-state index >= 15 is 0 Å². The molecule has 18 heavy (non-hydrogen) atoms. The maximum atomic E-state index is 10.5. The fourth-order valence-electron chi connectivity index (χ4n) is 2.07. The standard InChI is InChI=1S/C11H17N5O2/c12-10-14-4-1-9(15-10)16-5-2-8(3-6-16)7-18-11(13)17/h1,4,8H,2-3,5-7H2,(H2,13,17)(H2,12,14,15). The van der Waals surface area contributed by atoms with Crippen LogP contribution in [0.15, 0.2) is 12.3 Å². The topological polar surface area (TPSA) is 107 Å². The second kappa shape index (κ2) is 5.52. The van der Waals surface area contributed by atoms with Crippen molar-refractivity contribution < 1.29 is 9.53 Å². The number of piperidine rings is 1. The molecule has 98 valence electrons. The molecule has 0 radical (unpaired) electrons. The lowest BCUT2D eigenvalue weighted by molar-refractivity contribution is 0.129. The van der Waals surface area contributed by atoms with Gasteiger partial charge in [-0.3, -0.25) is 0 Å². The Morgan fingerprint density at radius 1 is 1.50 bits per heavy atom. The number of nitrogens with two attached hydrogens (primary N) is 2. The number of amides is 1. The Bertz CT molecular complexity index is 418. The molecule has 0 aliphatic carbocycles. The SMILES string of the molecule is NC(=O)OCC1CCN(c2ccnc(N)n2)CC1. The molecule has 2 rings (SSSR count). The van der Waals surface area contributed by atoms with Crippen LogP contribution in [0.5, 0.6) is 0 Å². The minimum atomic E-state index is -0.707. The summed E-state index contributed by atoms with van der Waals surface area (Å²) in [7, 11) is 0. The smallest absolute Gasteiger partial charge is 0.404 e. The highest BCUT2D eigenvalue weighted by Gasteiger charge is 2.21. The molecular weight excluding hydrogens is 234 g/mol. The zero-order chi connectivity index (χ0) is 13.0. The first-order valence-electron chi connectivity index (χ1n) is 5.91. The summed E-state index contributed by atoms with van der Waals surface area (Å²) in [5, 5.41) is 0. The summed E-state index contributed by atoms with van der Waals surface area (Å²) >= 11 is 0. The molecule has 1 amide bonds. The lowest BCUT2D eigenvalue weighted by Gasteiger charge is -2.32. The quantitative estimate of drug-likeness (QED) is 0.803. The van der Waals surface area contributed by atoms with Gasteiger partial charge in [0.15, 0.2) is 0 Å². The van der Waals surface area contributed by atoms with Crippen LogP contribution in [0.3, 0.4) is 0 Å². The van der Waals surface area contributed by atoms with E-state index in [2.05, 4.69) is 14.9 Å². The zero-order valence-corrected chi connectivity index (χ0v) is 10.1. The number of nitrogen functional groups attached to an aromatic ring is 1. The van der Waals surface area contributed by atoms with Crippen molar-refractivity contribution in [2.75, 3.05) is 30.3 Å². The molecule has 4 N–H and O–H groups in total. The number of carbonyl (C=O) groups is 1. The molecule has 1 aromatic rings. The molecule has 1 fully saturated rings. The van der Waals surface area contributed by atoms with Gasteiger partial charge in [-0.25, -0.2) is 9.78 Å². The molecule has 1 aliphatic heterocycles. The summed E-state index contributed by atoms with van der Waals surface area (Å²) in [6.45, 7) is 2.13. The predicted octanol–water partition coefficient (Wildman–Crippen LogP) is 0.371. The second-order valence-electron chi connectivity index (χ2n) is 4.33. The number of rotatable bonds is 3. The van der Waals surface area contributed by atoms with Gasteiger partial charge in [-0.1, -0.05) is 0 Å². The van der Waals surface area contributed by atoms with Crippen LogP contribution in [0.2, 0.25) is 0 Å². The molecule has 0 saturated carbocycles. The van der Waals surface area contributed by atoms with Crippen LogP contribution in [-0.2, 0) is 4.74 Å². The number of ether oxygens (including phenoxy) is 1. The van der Waals surface area contributed by atoms with E-state index < -0.39 is 6.09 Å². The van der Waals surface area contributed by atoms with Crippen molar-refractivity contribution >= 4 is 17.9 Å². The van der Waals surface area contributed by atoms with Crippen LogP contribution in [-0.4, -0.2) is 35.8 Å². The predicted molar refractivity (Wildman–Crippen MR) is 66.9 cm³/mol. The summed E-state index contributed by atoms with van der Waals surface area (Å²) < 4.78 is 4.82. The number of carbonyl (C=O) groups excluding carboxylic acids is 1. The summed E-state index contributed by atoms with van der Waals surface area (Å²) in [6.07, 6.45) is 2.83. The van der Waals surface area contributed by atoms with E-state index in [0.717, 1.165) is 31.7 Å². The first kappa shape index (κ1) is 12.4. The van der Waals surface area contributed by atoms with Gasteiger partial charge in [0.2, 0.25) is 5.95 Å². The summed E-state index contributed by atoms with van der Waals surface area (Å²) in [6, 6.07) is 1.84. The maximum Gasteiger partial charge on any atom is 0.404 e. The summed E-state index contributed by atoms with van der Waals surface area (Å²) in [5.74, 6) is 1.50. The number of nitrogens with zero attached hydrogens (tertiary/aromatic N) is 3. The van der Waals surface area contributed by atoms with Crippen molar-refractivity contribution in [3.63, 3.8) is 0 Å². The third kappa shape index (κ3) is 3.22. The van der Waals surface area contributed by atoms with Gasteiger partial charge in [-0.15, -0.1) is 0 Å². The average Bonchev–Trinajstić information content (AvgIpc) is 2.37. The lowest BCUT2D eigenvalue weighted by atomic mass is 9.98. The molecular formula is C11H17N5O2. The zero-order valence-electron chi connectivity index (χ0n) is 10.1. The minimum Gasteiger partial charge on any atom is -0.449 e. The minimum absolute atomic E-state index is 0.284. The molecule has 1 saturated heterocycles. The van der Waals surface area contributed by atoms with Gasteiger partial charge < -0.3 is 21.1 Å². The van der Waals surface area contributed by atoms with E-state index in [0.29, 0.717) is 12.5 Å². The Morgan fingerprint density at radius 2 is 2.22 bits per heavy atom. The van der Waals surface area contributed by atoms with Gasteiger partial charge in [-0.05, 0) is 24.8 Å². The molecule has 2 heterocycles. The molecule has 0 bridgehead atoms. The molecule has 0 unspecified atom stereocenters. The highest BCUT2D eigenvalue weighted by Crippen LogP contribution is 2.22. The van der Waals surface area contributed by atoms with Crippen LogP contribution < -0.4 is 16.4 Å². The Balaban J connectivity index is 1.85. The number of aromatic nitrogens is 2. The molecule has 7 nitrogen and oxygen atoms in total. The van der Waals surface area contributed by atoms with Gasteiger partial charge in [0.1, 0.15) is 5.82 Å². The molecule has 0 atom stereocenters. The highest BCUT2D eigenvalue weighted by atomic mass is 16.5. The van der Waals surface area contributed by atoms with E-state index in [1.165, 1.54) is 0 Å². The van der Waals surface area contributed by atoms with Crippen LogP contribution in [0, 0.1) is 5.92 Å². The van der Waals surface area contributed by atoms with Crippen molar-refractivity contribution in [2.45, 2.75) is 12.8 Å². The fraction of sp³-hybridized carbons (Fsp3) is 0.545. The van der Waals surface area contributed by atoms with Crippen LogP contribution >= 0.6 is 0 Å². The van der Waals surface area contributed by atoms with Gasteiger partial charge in [0.05, 0.1) is 6.61 Å². The number of hydrogen-bond donors (Lipinski definition) is 2. The number of primary amides is 1. The number of anilines is 2. The van der Waals surface area contributed by atoms with Gasteiger partial charge in [-0.2, -0.15) is 4.98 Å². The summed E-state index contributed by atoms with van der Waals surface area (Å²) in [5.41, 5.74) is 10.5. The van der Waals surface area contributed by atoms with Crippen LogP contribution in [0.4, 0.5) is 16.6 Å². The normalized spacial score (nSPS) is 16.6. The Morgan fingerprint density at radius 3 is 2.83 bits per heavy atom. The third-order valence-electron chi connectivity index (χ3n) is 3.06. The van der Waals surface area contributed by atoms with Crippen molar-refractivity contribution in [1.29, 1.82) is 0 Å². The second-order valence-corrected chi connectivity index (χ2v) is 4.33. The van der Waals surface area contributed by atoms with Gasteiger partial charge in [0.25, 0.3) is 0 Å². The average molecular weight is 251 g/mol. The first-order chi connectivity index (χ1) is 8.65. The third-order valence-corrected chi connectivity index (χ3v) is 3.06. The maximum absolute atomic E-state index is 10.5. The van der Waals surface area contributed by atoms with Crippen molar-refractivity contribution in [3.8, 4) is 0 Å².